The van der Waals surface area contributed by atoms with E-state index in [2.05, 4.69) is 20.5 Å². The van der Waals surface area contributed by atoms with Crippen molar-refractivity contribution >= 4 is 5.65 Å². The Labute approximate surface area is 100 Å². The lowest BCUT2D eigenvalue weighted by atomic mass is 10.0. The van der Waals surface area contributed by atoms with Crippen molar-refractivity contribution in [3.05, 3.63) is 23.9 Å². The molecule has 1 atom stereocenters. The summed E-state index contributed by atoms with van der Waals surface area (Å²) in [5.74, 6) is 1.82. The summed E-state index contributed by atoms with van der Waals surface area (Å²) in [5, 5.41) is 11.8. The first-order valence-corrected chi connectivity index (χ1v) is 6.20. The summed E-state index contributed by atoms with van der Waals surface area (Å²) in [5.41, 5.74) is 1.88. The van der Waals surface area contributed by atoms with Gasteiger partial charge in [0.1, 0.15) is 12.2 Å². The molecule has 1 N–H and O–H groups in total. The van der Waals surface area contributed by atoms with Crippen LogP contribution in [0.2, 0.25) is 0 Å². The van der Waals surface area contributed by atoms with Gasteiger partial charge in [-0.3, -0.25) is 4.40 Å². The fraction of sp³-hybridized carbons (Fsp3) is 0.583. The number of rotatable bonds is 3. The van der Waals surface area contributed by atoms with Crippen LogP contribution in [0.1, 0.15) is 24.4 Å². The van der Waals surface area contributed by atoms with Crippen LogP contribution in [0.15, 0.2) is 12.4 Å². The molecule has 0 aromatic carbocycles. The zero-order chi connectivity index (χ0) is 11.7. The average molecular weight is 231 g/mol. The van der Waals surface area contributed by atoms with Gasteiger partial charge in [0.05, 0.1) is 0 Å². The third kappa shape index (κ3) is 2.15. The van der Waals surface area contributed by atoms with Gasteiger partial charge in [-0.1, -0.05) is 0 Å². The van der Waals surface area contributed by atoms with Gasteiger partial charge in [-0.15, -0.1) is 10.2 Å². The van der Waals surface area contributed by atoms with Crippen LogP contribution in [-0.4, -0.2) is 32.7 Å². The number of hydrogen-bond donors (Lipinski definition) is 1. The second kappa shape index (κ2) is 4.41. The Morgan fingerprint density at radius 3 is 3.24 bits per heavy atom. The highest BCUT2D eigenvalue weighted by Crippen LogP contribution is 2.15. The Morgan fingerprint density at radius 1 is 1.47 bits per heavy atom. The van der Waals surface area contributed by atoms with Crippen LogP contribution in [0.4, 0.5) is 0 Å². The molecular weight excluding hydrogens is 214 g/mol. The van der Waals surface area contributed by atoms with E-state index in [9.17, 15) is 0 Å². The maximum atomic E-state index is 4.29. The van der Waals surface area contributed by atoms with E-state index in [4.69, 9.17) is 0 Å². The number of nitrogens with one attached hydrogen (secondary N) is 1. The predicted octanol–water partition coefficient (Wildman–Crippen LogP) is 0.975. The molecule has 5 heteroatoms. The maximum Gasteiger partial charge on any atom is 0.163 e. The van der Waals surface area contributed by atoms with Gasteiger partial charge in [-0.05, 0) is 38.8 Å². The van der Waals surface area contributed by atoms with E-state index in [1.807, 2.05) is 23.7 Å². The van der Waals surface area contributed by atoms with Crippen molar-refractivity contribution in [3.8, 4) is 0 Å². The van der Waals surface area contributed by atoms with Gasteiger partial charge in [0, 0.05) is 18.2 Å². The molecule has 1 aliphatic heterocycles. The number of aryl methyl sites for hydroxylation is 2. The highest BCUT2D eigenvalue weighted by molar-refractivity contribution is 5.37. The Hall–Kier alpha value is -1.49. The van der Waals surface area contributed by atoms with Gasteiger partial charge in [0.15, 0.2) is 5.65 Å². The van der Waals surface area contributed by atoms with Crippen LogP contribution in [0, 0.1) is 12.8 Å². The largest absolute Gasteiger partial charge is 0.316 e. The molecule has 1 unspecified atom stereocenters. The highest BCUT2D eigenvalue weighted by atomic mass is 15.3. The van der Waals surface area contributed by atoms with Gasteiger partial charge in [-0.25, -0.2) is 4.98 Å². The number of aromatic nitrogens is 4. The van der Waals surface area contributed by atoms with Crippen molar-refractivity contribution in [2.24, 2.45) is 5.92 Å². The third-order valence-corrected chi connectivity index (χ3v) is 3.45. The van der Waals surface area contributed by atoms with Crippen LogP contribution >= 0.6 is 0 Å². The summed E-state index contributed by atoms with van der Waals surface area (Å²) >= 11 is 0. The first-order valence-electron chi connectivity index (χ1n) is 6.20. The Bertz CT molecular complexity index is 513. The minimum atomic E-state index is 0.792. The van der Waals surface area contributed by atoms with Crippen molar-refractivity contribution in [3.63, 3.8) is 0 Å². The van der Waals surface area contributed by atoms with Crippen molar-refractivity contribution in [2.75, 3.05) is 13.1 Å². The molecule has 0 saturated carbocycles. The molecular formula is C12H17N5. The van der Waals surface area contributed by atoms with Gasteiger partial charge < -0.3 is 5.32 Å². The van der Waals surface area contributed by atoms with Crippen molar-refractivity contribution in [1.82, 2.24) is 24.9 Å². The lowest BCUT2D eigenvalue weighted by Gasteiger charge is -2.06. The molecule has 3 rings (SSSR count). The van der Waals surface area contributed by atoms with Gasteiger partial charge in [0.25, 0.3) is 0 Å². The van der Waals surface area contributed by atoms with Crippen LogP contribution in [0.5, 0.6) is 0 Å². The first-order chi connectivity index (χ1) is 8.33. The molecule has 0 amide bonds. The van der Waals surface area contributed by atoms with Gasteiger partial charge in [-0.2, -0.15) is 0 Å². The molecule has 0 bridgehead atoms. The van der Waals surface area contributed by atoms with E-state index in [-0.39, 0.29) is 0 Å². The van der Waals surface area contributed by atoms with E-state index in [0.29, 0.717) is 0 Å². The second-order valence-electron chi connectivity index (χ2n) is 4.77. The molecule has 5 nitrogen and oxygen atoms in total. The highest BCUT2D eigenvalue weighted by Gasteiger charge is 2.15. The van der Waals surface area contributed by atoms with Crippen LogP contribution in [0.25, 0.3) is 5.65 Å². The van der Waals surface area contributed by atoms with E-state index < -0.39 is 0 Å². The molecule has 0 aliphatic carbocycles. The summed E-state index contributed by atoms with van der Waals surface area (Å²) in [6.07, 6.45) is 5.28. The first kappa shape index (κ1) is 10.7. The zero-order valence-electron chi connectivity index (χ0n) is 10.1. The number of nitrogens with zero attached hydrogens (tertiary/aromatic N) is 4. The van der Waals surface area contributed by atoms with Crippen LogP contribution in [-0.2, 0) is 6.42 Å². The SMILES string of the molecule is Cc1cc2nnc(CCC3CCNC3)n2cn1. The minimum Gasteiger partial charge on any atom is -0.316 e. The molecule has 2 aromatic heterocycles. The van der Waals surface area contributed by atoms with E-state index in [1.165, 1.54) is 12.8 Å². The molecule has 1 saturated heterocycles. The summed E-state index contributed by atoms with van der Waals surface area (Å²) < 4.78 is 2.00. The molecule has 1 fully saturated rings. The molecule has 0 radical (unpaired) electrons. The Kier molecular flexibility index (Phi) is 2.76. The Balaban J connectivity index is 1.76. The minimum absolute atomic E-state index is 0.792. The average Bonchev–Trinajstić information content (AvgIpc) is 2.94. The summed E-state index contributed by atoms with van der Waals surface area (Å²) in [6.45, 7) is 4.28. The maximum absolute atomic E-state index is 4.29. The third-order valence-electron chi connectivity index (χ3n) is 3.45. The van der Waals surface area contributed by atoms with E-state index in [1.54, 1.807) is 0 Å². The topological polar surface area (TPSA) is 55.1 Å². The number of hydrogen-bond acceptors (Lipinski definition) is 4. The molecule has 0 spiro atoms. The lowest BCUT2D eigenvalue weighted by molar-refractivity contribution is 0.523. The number of fused-ring (bicyclic) bond motifs is 1. The van der Waals surface area contributed by atoms with Crippen molar-refractivity contribution in [1.29, 1.82) is 0 Å². The molecule has 1 aliphatic rings. The van der Waals surface area contributed by atoms with E-state index >= 15 is 0 Å². The van der Waals surface area contributed by atoms with Gasteiger partial charge >= 0.3 is 0 Å². The van der Waals surface area contributed by atoms with Crippen LogP contribution in [0.3, 0.4) is 0 Å². The molecule has 17 heavy (non-hydrogen) atoms. The summed E-state index contributed by atoms with van der Waals surface area (Å²) in [6, 6.07) is 1.97. The zero-order valence-corrected chi connectivity index (χ0v) is 10.1. The summed E-state index contributed by atoms with van der Waals surface area (Å²) in [4.78, 5) is 4.29. The standard InChI is InChI=1S/C12H17N5/c1-9-6-12-16-15-11(17(12)8-14-9)3-2-10-4-5-13-7-10/h6,8,10,13H,2-5,7H2,1H3. The molecule has 3 heterocycles. The normalized spacial score (nSPS) is 20.2. The van der Waals surface area contributed by atoms with Crippen molar-refractivity contribution < 1.29 is 0 Å². The fourth-order valence-electron chi connectivity index (χ4n) is 2.40. The molecule has 90 valence electrons. The van der Waals surface area contributed by atoms with E-state index in [0.717, 1.165) is 42.6 Å². The smallest absolute Gasteiger partial charge is 0.163 e. The lowest BCUT2D eigenvalue weighted by Crippen LogP contribution is -2.10. The second-order valence-corrected chi connectivity index (χ2v) is 4.77. The monoisotopic (exact) mass is 231 g/mol. The quantitative estimate of drug-likeness (QED) is 0.855. The Morgan fingerprint density at radius 2 is 2.41 bits per heavy atom. The predicted molar refractivity (Wildman–Crippen MR) is 64.8 cm³/mol. The molecule has 2 aromatic rings. The van der Waals surface area contributed by atoms with Crippen molar-refractivity contribution in [2.45, 2.75) is 26.2 Å². The fourth-order valence-corrected chi connectivity index (χ4v) is 2.40. The summed E-state index contributed by atoms with van der Waals surface area (Å²) in [7, 11) is 0. The van der Waals surface area contributed by atoms with Crippen LogP contribution < -0.4 is 5.32 Å². The van der Waals surface area contributed by atoms with Gasteiger partial charge in [0.2, 0.25) is 0 Å².